The van der Waals surface area contributed by atoms with Crippen LogP contribution in [-0.4, -0.2) is 34.7 Å². The molecule has 0 saturated carbocycles. The molecule has 2 aromatic carbocycles. The molecule has 2 atom stereocenters. The van der Waals surface area contributed by atoms with Crippen LogP contribution in [0.2, 0.25) is 0 Å². The molecule has 0 aromatic heterocycles. The van der Waals surface area contributed by atoms with Crippen LogP contribution in [0.1, 0.15) is 34.5 Å². The zero-order valence-corrected chi connectivity index (χ0v) is 14.4. The monoisotopic (exact) mass is 358 g/mol. The third kappa shape index (κ3) is 5.30. The first-order valence-corrected chi connectivity index (χ1v) is 8.09. The first-order valence-electron chi connectivity index (χ1n) is 8.09. The number of ether oxygens (including phenoxy) is 1. The first kappa shape index (κ1) is 19.4. The molecular weight excluding hydrogens is 336 g/mol. The molecular formula is C19H22N2O5. The molecule has 0 aliphatic heterocycles. The number of hydrogen-bond acceptors (Lipinski definition) is 6. The summed E-state index contributed by atoms with van der Waals surface area (Å²) >= 11 is 0. The quantitative estimate of drug-likeness (QED) is 0.442. The van der Waals surface area contributed by atoms with Crippen molar-refractivity contribution in [3.63, 3.8) is 0 Å². The molecule has 0 spiro atoms. The van der Waals surface area contributed by atoms with Crippen LogP contribution in [0.3, 0.4) is 0 Å². The van der Waals surface area contributed by atoms with Crippen LogP contribution in [0.5, 0.6) is 0 Å². The number of Topliss-reactive ketones (excluding diaryl/α,β-unsaturated/α-hetero) is 1. The highest BCUT2D eigenvalue weighted by Crippen LogP contribution is 2.22. The molecule has 7 heteroatoms. The molecule has 0 aliphatic rings. The van der Waals surface area contributed by atoms with Crippen molar-refractivity contribution >= 4 is 17.6 Å². The maximum atomic E-state index is 11.7. The zero-order valence-electron chi connectivity index (χ0n) is 14.4. The zero-order chi connectivity index (χ0) is 19.1. The van der Waals surface area contributed by atoms with Gasteiger partial charge in [-0.25, -0.2) is 4.79 Å². The lowest BCUT2D eigenvalue weighted by Gasteiger charge is -2.19. The number of ketones is 1. The van der Waals surface area contributed by atoms with Crippen LogP contribution in [-0.2, 0) is 11.3 Å². The Bertz CT molecular complexity index is 764. The van der Waals surface area contributed by atoms with Crippen LogP contribution < -0.4 is 11.1 Å². The second kappa shape index (κ2) is 8.98. The molecule has 5 N–H and O–H groups in total. The molecule has 0 bridgehead atoms. The van der Waals surface area contributed by atoms with Gasteiger partial charge in [-0.15, -0.1) is 0 Å². The highest BCUT2D eigenvalue weighted by atomic mass is 16.5. The number of anilines is 1. The molecule has 0 aliphatic carbocycles. The molecule has 7 nitrogen and oxygen atoms in total. The molecule has 0 fully saturated rings. The summed E-state index contributed by atoms with van der Waals surface area (Å²) in [5.41, 5.74) is 7.44. The van der Waals surface area contributed by atoms with Gasteiger partial charge in [0.05, 0.1) is 0 Å². The van der Waals surface area contributed by atoms with Gasteiger partial charge in [0, 0.05) is 17.8 Å². The minimum absolute atomic E-state index is 0.102. The predicted octanol–water partition coefficient (Wildman–Crippen LogP) is 1.79. The summed E-state index contributed by atoms with van der Waals surface area (Å²) in [7, 11) is 0. The van der Waals surface area contributed by atoms with E-state index in [1.54, 1.807) is 0 Å². The van der Waals surface area contributed by atoms with Crippen LogP contribution >= 0.6 is 0 Å². The first-order chi connectivity index (χ1) is 12.4. The number of hydrogen-bond donors (Lipinski definition) is 4. The van der Waals surface area contributed by atoms with Gasteiger partial charge in [0.1, 0.15) is 18.8 Å². The Hall–Kier alpha value is -2.90. The Labute approximate surface area is 151 Å². The van der Waals surface area contributed by atoms with Crippen LogP contribution in [0.15, 0.2) is 48.5 Å². The molecule has 2 rings (SSSR count). The summed E-state index contributed by atoms with van der Waals surface area (Å²) in [4.78, 5) is 23.2. The Morgan fingerprint density at radius 1 is 1.15 bits per heavy atom. The van der Waals surface area contributed by atoms with Gasteiger partial charge in [0.25, 0.3) is 0 Å². The molecule has 138 valence electrons. The molecule has 0 heterocycles. The maximum absolute atomic E-state index is 11.7. The number of carbonyl (C=O) groups is 2. The van der Waals surface area contributed by atoms with Gasteiger partial charge in [0.15, 0.2) is 5.78 Å². The van der Waals surface area contributed by atoms with Gasteiger partial charge in [-0.2, -0.15) is 0 Å². The van der Waals surface area contributed by atoms with Crippen molar-refractivity contribution in [2.45, 2.75) is 25.7 Å². The number of rotatable bonds is 7. The van der Waals surface area contributed by atoms with Crippen molar-refractivity contribution in [2.24, 2.45) is 0 Å². The van der Waals surface area contributed by atoms with Crippen molar-refractivity contribution in [1.82, 2.24) is 5.32 Å². The van der Waals surface area contributed by atoms with E-state index < -0.39 is 18.3 Å². The third-order valence-electron chi connectivity index (χ3n) is 3.83. The Morgan fingerprint density at radius 3 is 2.50 bits per heavy atom. The normalized spacial score (nSPS) is 12.9. The van der Waals surface area contributed by atoms with E-state index in [1.807, 2.05) is 30.3 Å². The largest absolute Gasteiger partial charge is 0.445 e. The van der Waals surface area contributed by atoms with Gasteiger partial charge < -0.3 is 26.0 Å². The number of nitrogen functional groups attached to an aromatic ring is 1. The number of aliphatic hydroxyl groups excluding tert-OH is 2. The molecule has 2 unspecified atom stereocenters. The lowest BCUT2D eigenvalue weighted by molar-refractivity contribution is 0.0184. The molecule has 2 aromatic rings. The van der Waals surface area contributed by atoms with Gasteiger partial charge in [-0.05, 0) is 30.2 Å². The fourth-order valence-electron chi connectivity index (χ4n) is 2.36. The van der Waals surface area contributed by atoms with Crippen LogP contribution in [0.4, 0.5) is 10.5 Å². The Morgan fingerprint density at radius 2 is 1.85 bits per heavy atom. The lowest BCUT2D eigenvalue weighted by Crippen LogP contribution is -2.35. The summed E-state index contributed by atoms with van der Waals surface area (Å²) < 4.78 is 5.03. The second-order valence-electron chi connectivity index (χ2n) is 5.86. The van der Waals surface area contributed by atoms with E-state index in [0.717, 1.165) is 5.56 Å². The smallest absolute Gasteiger partial charge is 0.407 e. The van der Waals surface area contributed by atoms with Crippen molar-refractivity contribution in [3.05, 3.63) is 65.2 Å². The molecule has 0 radical (unpaired) electrons. The van der Waals surface area contributed by atoms with E-state index in [4.69, 9.17) is 10.5 Å². The Kier molecular flexibility index (Phi) is 6.71. The predicted molar refractivity (Wildman–Crippen MR) is 96.5 cm³/mol. The van der Waals surface area contributed by atoms with Crippen molar-refractivity contribution in [1.29, 1.82) is 0 Å². The van der Waals surface area contributed by atoms with Crippen molar-refractivity contribution < 1.29 is 24.5 Å². The third-order valence-corrected chi connectivity index (χ3v) is 3.83. The van der Waals surface area contributed by atoms with E-state index >= 15 is 0 Å². The molecule has 26 heavy (non-hydrogen) atoms. The summed E-state index contributed by atoms with van der Waals surface area (Å²) in [5, 5.41) is 22.7. The van der Waals surface area contributed by atoms with E-state index in [-0.39, 0.29) is 24.5 Å². The highest BCUT2D eigenvalue weighted by molar-refractivity contribution is 5.99. The number of aliphatic hydroxyl groups is 2. The summed E-state index contributed by atoms with van der Waals surface area (Å²) in [6, 6.07) is 13.6. The fourth-order valence-corrected chi connectivity index (χ4v) is 2.36. The number of amides is 1. The number of nitrogens with one attached hydrogen (secondary N) is 1. The van der Waals surface area contributed by atoms with Crippen LogP contribution in [0.25, 0.3) is 0 Å². The minimum Gasteiger partial charge on any atom is -0.445 e. The SMILES string of the molecule is CC(=O)c1cc(C(O)C(O)CNC(=O)OCc2ccccc2)ccc1N. The topological polar surface area (TPSA) is 122 Å². The highest BCUT2D eigenvalue weighted by Gasteiger charge is 2.21. The van der Waals surface area contributed by atoms with Gasteiger partial charge in [0.2, 0.25) is 0 Å². The Balaban J connectivity index is 1.86. The molecule has 0 saturated heterocycles. The van der Waals surface area contributed by atoms with E-state index in [1.165, 1.54) is 25.1 Å². The van der Waals surface area contributed by atoms with Crippen molar-refractivity contribution in [3.8, 4) is 0 Å². The van der Waals surface area contributed by atoms with Crippen LogP contribution in [0, 0.1) is 0 Å². The van der Waals surface area contributed by atoms with Crippen molar-refractivity contribution in [2.75, 3.05) is 12.3 Å². The van der Waals surface area contributed by atoms with E-state index in [2.05, 4.69) is 5.32 Å². The van der Waals surface area contributed by atoms with Gasteiger partial charge in [-0.3, -0.25) is 4.79 Å². The number of alkyl carbamates (subject to hydrolysis) is 1. The maximum Gasteiger partial charge on any atom is 0.407 e. The second-order valence-corrected chi connectivity index (χ2v) is 5.86. The standard InChI is InChI=1S/C19H22N2O5/c1-12(22)15-9-14(7-8-16(15)20)18(24)17(23)10-21-19(25)26-11-13-5-3-2-4-6-13/h2-9,17-18,23-24H,10-11,20H2,1H3,(H,21,25). The minimum atomic E-state index is -1.29. The van der Waals surface area contributed by atoms with E-state index in [9.17, 15) is 19.8 Å². The number of nitrogens with two attached hydrogens (primary N) is 1. The summed E-state index contributed by atoms with van der Waals surface area (Å²) in [5.74, 6) is -0.242. The van der Waals surface area contributed by atoms with Gasteiger partial charge in [-0.1, -0.05) is 36.4 Å². The van der Waals surface area contributed by atoms with Gasteiger partial charge >= 0.3 is 6.09 Å². The molecule has 1 amide bonds. The lowest BCUT2D eigenvalue weighted by atomic mass is 9.99. The fraction of sp³-hybridized carbons (Fsp3) is 0.263. The number of carbonyl (C=O) groups excluding carboxylic acids is 2. The van der Waals surface area contributed by atoms with E-state index in [0.29, 0.717) is 11.3 Å². The average Bonchev–Trinajstić information content (AvgIpc) is 2.64. The number of benzene rings is 2. The summed E-state index contributed by atoms with van der Waals surface area (Å²) in [6.07, 6.45) is -3.27. The summed E-state index contributed by atoms with van der Waals surface area (Å²) in [6.45, 7) is 1.25. The average molecular weight is 358 g/mol.